The van der Waals surface area contributed by atoms with Gasteiger partial charge in [-0.15, -0.1) is 0 Å². The average Bonchev–Trinajstić information content (AvgIpc) is 2.46. The van der Waals surface area contributed by atoms with E-state index in [1.54, 1.807) is 0 Å². The maximum atomic E-state index is 11.2. The van der Waals surface area contributed by atoms with Crippen LogP contribution in [-0.4, -0.2) is 24.1 Å². The molecule has 1 fully saturated rings. The van der Waals surface area contributed by atoms with E-state index in [1.165, 1.54) is 12.2 Å². The maximum Gasteiger partial charge on any atom is 0.330 e. The van der Waals surface area contributed by atoms with Crippen molar-refractivity contribution in [1.29, 1.82) is 0 Å². The van der Waals surface area contributed by atoms with Crippen LogP contribution in [0.15, 0.2) is 25.3 Å². The Morgan fingerprint density at radius 2 is 1.40 bits per heavy atom. The van der Waals surface area contributed by atoms with Crippen LogP contribution in [0.4, 0.5) is 0 Å². The number of hydrogen-bond acceptors (Lipinski definition) is 4. The molecule has 1 rings (SSSR count). The third kappa shape index (κ3) is 4.83. The van der Waals surface area contributed by atoms with E-state index in [2.05, 4.69) is 13.2 Å². The van der Waals surface area contributed by atoms with Gasteiger partial charge in [-0.25, -0.2) is 9.59 Å². The summed E-state index contributed by atoms with van der Waals surface area (Å²) in [5.41, 5.74) is 0. The zero-order chi connectivity index (χ0) is 15.1. The third-order valence-electron chi connectivity index (χ3n) is 4.02. The maximum absolute atomic E-state index is 11.2. The molecule has 0 saturated heterocycles. The van der Waals surface area contributed by atoms with E-state index in [0.717, 1.165) is 25.7 Å². The van der Waals surface area contributed by atoms with Gasteiger partial charge in [-0.05, 0) is 44.9 Å². The lowest BCUT2D eigenvalue weighted by Gasteiger charge is -2.34. The standard InChI is InChI=1S/C16H24O4/c1-5-15(17)19-11(3)13-8-7-9-14(10-13)12(4)20-16(18)6-2/h5-6,11-14H,1-2,7-10H2,3-4H3. The second-order valence-corrected chi connectivity index (χ2v) is 5.38. The van der Waals surface area contributed by atoms with E-state index in [9.17, 15) is 9.59 Å². The number of rotatable bonds is 6. The lowest BCUT2D eigenvalue weighted by molar-refractivity contribution is -0.148. The Kier molecular flexibility index (Phi) is 6.49. The highest BCUT2D eigenvalue weighted by Crippen LogP contribution is 2.35. The predicted molar refractivity (Wildman–Crippen MR) is 77.0 cm³/mol. The highest BCUT2D eigenvalue weighted by molar-refractivity contribution is 5.81. The molecular weight excluding hydrogens is 256 g/mol. The van der Waals surface area contributed by atoms with Crippen molar-refractivity contribution in [3.8, 4) is 0 Å². The summed E-state index contributed by atoms with van der Waals surface area (Å²) in [5, 5.41) is 0. The minimum absolute atomic E-state index is 0.134. The van der Waals surface area contributed by atoms with Crippen molar-refractivity contribution in [3.63, 3.8) is 0 Å². The van der Waals surface area contributed by atoms with Gasteiger partial charge in [-0.1, -0.05) is 19.6 Å². The normalized spacial score (nSPS) is 25.1. The molecule has 4 atom stereocenters. The Labute approximate surface area is 120 Å². The van der Waals surface area contributed by atoms with Crippen LogP contribution < -0.4 is 0 Å². The Bertz CT molecular complexity index is 341. The molecule has 0 aromatic heterocycles. The fraction of sp³-hybridized carbons (Fsp3) is 0.625. The van der Waals surface area contributed by atoms with Crippen molar-refractivity contribution in [3.05, 3.63) is 25.3 Å². The minimum atomic E-state index is -0.384. The SMILES string of the molecule is C=CC(=O)OC(C)C1CCCC(C(C)OC(=O)C=C)C1. The molecule has 0 N–H and O–H groups in total. The molecular formula is C16H24O4. The summed E-state index contributed by atoms with van der Waals surface area (Å²) in [4.78, 5) is 22.5. The van der Waals surface area contributed by atoms with E-state index >= 15 is 0 Å². The van der Waals surface area contributed by atoms with Gasteiger partial charge in [-0.2, -0.15) is 0 Å². The fourth-order valence-corrected chi connectivity index (χ4v) is 2.77. The quantitative estimate of drug-likeness (QED) is 0.554. The van der Waals surface area contributed by atoms with Gasteiger partial charge in [0.25, 0.3) is 0 Å². The molecule has 0 heterocycles. The van der Waals surface area contributed by atoms with Crippen molar-refractivity contribution >= 4 is 11.9 Å². The molecule has 1 aliphatic carbocycles. The molecule has 4 heteroatoms. The largest absolute Gasteiger partial charge is 0.459 e. The van der Waals surface area contributed by atoms with Crippen LogP contribution in [0.25, 0.3) is 0 Å². The summed E-state index contributed by atoms with van der Waals surface area (Å²) in [6.45, 7) is 10.6. The number of esters is 2. The van der Waals surface area contributed by atoms with E-state index in [-0.39, 0.29) is 24.1 Å². The molecule has 4 nitrogen and oxygen atoms in total. The number of carbonyl (C=O) groups is 2. The van der Waals surface area contributed by atoms with E-state index in [0.29, 0.717) is 11.8 Å². The number of ether oxygens (including phenoxy) is 2. The van der Waals surface area contributed by atoms with E-state index in [1.807, 2.05) is 13.8 Å². The molecule has 0 spiro atoms. The molecule has 0 amide bonds. The highest BCUT2D eigenvalue weighted by Gasteiger charge is 2.31. The van der Waals surface area contributed by atoms with Gasteiger partial charge in [0.1, 0.15) is 12.2 Å². The zero-order valence-electron chi connectivity index (χ0n) is 12.3. The zero-order valence-corrected chi connectivity index (χ0v) is 12.3. The van der Waals surface area contributed by atoms with Gasteiger partial charge in [-0.3, -0.25) is 0 Å². The van der Waals surface area contributed by atoms with Crippen molar-refractivity contribution in [2.75, 3.05) is 0 Å². The van der Waals surface area contributed by atoms with Crippen molar-refractivity contribution in [2.24, 2.45) is 11.8 Å². The molecule has 0 bridgehead atoms. The van der Waals surface area contributed by atoms with Gasteiger partial charge in [0.2, 0.25) is 0 Å². The second kappa shape index (κ2) is 7.88. The molecule has 0 aromatic rings. The van der Waals surface area contributed by atoms with Gasteiger partial charge in [0, 0.05) is 12.2 Å². The first-order valence-electron chi connectivity index (χ1n) is 7.14. The van der Waals surface area contributed by atoms with Gasteiger partial charge in [0.15, 0.2) is 0 Å². The van der Waals surface area contributed by atoms with Crippen molar-refractivity contribution < 1.29 is 19.1 Å². The minimum Gasteiger partial charge on any atom is -0.459 e. The van der Waals surface area contributed by atoms with E-state index in [4.69, 9.17) is 9.47 Å². The number of hydrogen-bond donors (Lipinski definition) is 0. The summed E-state index contributed by atoms with van der Waals surface area (Å²) in [6.07, 6.45) is 6.12. The lowest BCUT2D eigenvalue weighted by atomic mass is 9.77. The first-order valence-corrected chi connectivity index (χ1v) is 7.14. The molecule has 0 aromatic carbocycles. The second-order valence-electron chi connectivity index (χ2n) is 5.38. The van der Waals surface area contributed by atoms with Gasteiger partial charge < -0.3 is 9.47 Å². The first-order chi connectivity index (χ1) is 9.47. The van der Waals surface area contributed by atoms with E-state index < -0.39 is 0 Å². The fourth-order valence-electron chi connectivity index (χ4n) is 2.77. The smallest absolute Gasteiger partial charge is 0.330 e. The average molecular weight is 280 g/mol. The van der Waals surface area contributed by atoms with Crippen molar-refractivity contribution in [2.45, 2.75) is 51.7 Å². The van der Waals surface area contributed by atoms with Crippen LogP contribution in [0.1, 0.15) is 39.5 Å². The summed E-state index contributed by atoms with van der Waals surface area (Å²) >= 11 is 0. The van der Waals surface area contributed by atoms with Crippen molar-refractivity contribution in [1.82, 2.24) is 0 Å². The van der Waals surface area contributed by atoms with Crippen LogP contribution >= 0.6 is 0 Å². The Balaban J connectivity index is 2.52. The summed E-state index contributed by atoms with van der Waals surface area (Å²) in [7, 11) is 0. The van der Waals surface area contributed by atoms with Crippen LogP contribution in [0.2, 0.25) is 0 Å². The van der Waals surface area contributed by atoms with Crippen LogP contribution in [0, 0.1) is 11.8 Å². The number of carbonyl (C=O) groups excluding carboxylic acids is 2. The first kappa shape index (κ1) is 16.5. The van der Waals surface area contributed by atoms with Gasteiger partial charge in [0.05, 0.1) is 0 Å². The summed E-state index contributed by atoms with van der Waals surface area (Å²) in [6, 6.07) is 0. The molecule has 4 unspecified atom stereocenters. The Morgan fingerprint density at radius 3 is 1.75 bits per heavy atom. The van der Waals surface area contributed by atoms with Crippen LogP contribution in [-0.2, 0) is 19.1 Å². The molecule has 1 aliphatic rings. The third-order valence-corrected chi connectivity index (χ3v) is 4.02. The molecule has 20 heavy (non-hydrogen) atoms. The predicted octanol–water partition coefficient (Wildman–Crippen LogP) is 3.03. The molecule has 0 aliphatic heterocycles. The van der Waals surface area contributed by atoms with Gasteiger partial charge >= 0.3 is 11.9 Å². The summed E-state index contributed by atoms with van der Waals surface area (Å²) < 4.78 is 10.6. The molecule has 0 radical (unpaired) electrons. The lowest BCUT2D eigenvalue weighted by Crippen LogP contribution is -2.33. The molecule has 112 valence electrons. The Hall–Kier alpha value is -1.58. The van der Waals surface area contributed by atoms with Crippen LogP contribution in [0.3, 0.4) is 0 Å². The monoisotopic (exact) mass is 280 g/mol. The van der Waals surface area contributed by atoms with Crippen LogP contribution in [0.5, 0.6) is 0 Å². The highest BCUT2D eigenvalue weighted by atomic mass is 16.5. The summed E-state index contributed by atoms with van der Waals surface area (Å²) in [5.74, 6) is -0.151. The molecule has 1 saturated carbocycles. The Morgan fingerprint density at radius 1 is 1.00 bits per heavy atom. The topological polar surface area (TPSA) is 52.6 Å².